The van der Waals surface area contributed by atoms with E-state index in [-0.39, 0.29) is 42.0 Å². The van der Waals surface area contributed by atoms with Crippen LogP contribution in [0.3, 0.4) is 0 Å². The number of H-pyrrole nitrogens is 1. The van der Waals surface area contributed by atoms with E-state index in [0.29, 0.717) is 18.4 Å². The minimum Gasteiger partial charge on any atom is -0.493 e. The third kappa shape index (κ3) is 5.32. The first-order chi connectivity index (χ1) is 19.2. The Labute approximate surface area is 227 Å². The molecule has 1 aliphatic carbocycles. The average molecular weight is 543 g/mol. The van der Waals surface area contributed by atoms with Gasteiger partial charge in [-0.1, -0.05) is 30.3 Å². The zero-order valence-corrected chi connectivity index (χ0v) is 21.5. The molecule has 12 heteroatoms. The SMILES string of the molecule is Cc1c(C(=O)O)ccc2c1CC[C@@H]2NC(=O)c1cc(C(=O)NCc2cccc(Cn3c(O)c[nH]c3=O)c2)ncn1. The van der Waals surface area contributed by atoms with Crippen LogP contribution in [0.2, 0.25) is 0 Å². The van der Waals surface area contributed by atoms with Crippen LogP contribution in [-0.2, 0) is 19.5 Å². The molecule has 2 amide bonds. The molecule has 204 valence electrons. The Hall–Kier alpha value is -5.26. The fraction of sp³-hybridized carbons (Fsp3) is 0.214. The maximum absolute atomic E-state index is 13.0. The number of aromatic carboxylic acids is 1. The highest BCUT2D eigenvalue weighted by molar-refractivity contribution is 5.97. The first-order valence-corrected chi connectivity index (χ1v) is 12.5. The minimum atomic E-state index is -0.985. The largest absolute Gasteiger partial charge is 0.493 e. The Morgan fingerprint density at radius 2 is 1.82 bits per heavy atom. The summed E-state index contributed by atoms with van der Waals surface area (Å²) >= 11 is 0. The molecular weight excluding hydrogens is 516 g/mol. The molecule has 0 aliphatic heterocycles. The first kappa shape index (κ1) is 26.4. The lowest BCUT2D eigenvalue weighted by Crippen LogP contribution is -2.29. The summed E-state index contributed by atoms with van der Waals surface area (Å²) in [4.78, 5) is 59.4. The van der Waals surface area contributed by atoms with Crippen LogP contribution in [0.15, 0.2) is 59.8 Å². The van der Waals surface area contributed by atoms with Crippen molar-refractivity contribution in [2.24, 2.45) is 0 Å². The number of hydrogen-bond acceptors (Lipinski definition) is 7. The molecule has 0 saturated carbocycles. The number of rotatable bonds is 8. The van der Waals surface area contributed by atoms with E-state index in [1.165, 1.54) is 16.8 Å². The number of amides is 2. The van der Waals surface area contributed by atoms with E-state index in [4.69, 9.17) is 0 Å². The Balaban J connectivity index is 1.22. The number of imidazole rings is 1. The Bertz CT molecular complexity index is 1690. The zero-order valence-electron chi connectivity index (χ0n) is 21.5. The van der Waals surface area contributed by atoms with Gasteiger partial charge >= 0.3 is 11.7 Å². The van der Waals surface area contributed by atoms with Crippen LogP contribution in [0, 0.1) is 6.92 Å². The highest BCUT2D eigenvalue weighted by atomic mass is 16.4. The van der Waals surface area contributed by atoms with Crippen LogP contribution in [0.4, 0.5) is 0 Å². The highest BCUT2D eigenvalue weighted by Gasteiger charge is 2.28. The number of aromatic amines is 1. The van der Waals surface area contributed by atoms with Crippen molar-refractivity contribution >= 4 is 17.8 Å². The van der Waals surface area contributed by atoms with Crippen molar-refractivity contribution in [2.45, 2.75) is 38.9 Å². The van der Waals surface area contributed by atoms with Gasteiger partial charge in [0.05, 0.1) is 24.3 Å². The molecule has 0 radical (unpaired) electrons. The Morgan fingerprint density at radius 3 is 2.55 bits per heavy atom. The van der Waals surface area contributed by atoms with E-state index in [0.717, 1.165) is 28.6 Å². The van der Waals surface area contributed by atoms with Crippen molar-refractivity contribution < 1.29 is 24.6 Å². The number of fused-ring (bicyclic) bond motifs is 1. The number of carboxylic acids is 1. The number of carbonyl (C=O) groups is 3. The summed E-state index contributed by atoms with van der Waals surface area (Å²) in [5, 5.41) is 24.9. The quantitative estimate of drug-likeness (QED) is 0.224. The number of hydrogen-bond donors (Lipinski definition) is 5. The standard InChI is InChI=1S/C28H26N6O6/c1-15-18-7-8-21(20(18)6-5-19(15)27(38)39)33-26(37)23-10-22(31-14-32-23)25(36)29-11-16-3-2-4-17(9-16)13-34-24(35)12-30-28(34)40/h2-6,9-10,12,14,21,35H,7-8,11,13H2,1H3,(H,29,36)(H,30,40)(H,33,37)(H,38,39)/t21-/m0/s1. The number of nitrogens with one attached hydrogen (secondary N) is 3. The van der Waals surface area contributed by atoms with Gasteiger partial charge in [0.15, 0.2) is 0 Å². The van der Waals surface area contributed by atoms with Crippen LogP contribution in [0.1, 0.15) is 71.6 Å². The smallest absolute Gasteiger partial charge is 0.335 e. The van der Waals surface area contributed by atoms with E-state index in [1.54, 1.807) is 37.3 Å². The van der Waals surface area contributed by atoms with E-state index < -0.39 is 23.5 Å². The van der Waals surface area contributed by atoms with Crippen molar-refractivity contribution in [3.8, 4) is 5.88 Å². The number of carboxylic acid groups (broad SMARTS) is 1. The second-order valence-corrected chi connectivity index (χ2v) is 9.51. The van der Waals surface area contributed by atoms with Crippen molar-refractivity contribution in [1.82, 2.24) is 30.2 Å². The van der Waals surface area contributed by atoms with Crippen LogP contribution < -0.4 is 16.3 Å². The number of aromatic nitrogens is 4. The van der Waals surface area contributed by atoms with Crippen molar-refractivity contribution in [1.29, 1.82) is 0 Å². The summed E-state index contributed by atoms with van der Waals surface area (Å²) in [5.74, 6) is -2.12. The predicted octanol–water partition coefficient (Wildman–Crippen LogP) is 2.07. The van der Waals surface area contributed by atoms with Crippen LogP contribution in [0.25, 0.3) is 0 Å². The number of benzene rings is 2. The molecule has 0 saturated heterocycles. The molecule has 5 N–H and O–H groups in total. The van der Waals surface area contributed by atoms with Crippen molar-refractivity contribution in [2.75, 3.05) is 0 Å². The number of carbonyl (C=O) groups excluding carboxylic acids is 2. The molecule has 0 spiro atoms. The number of nitrogens with zero attached hydrogens (tertiary/aromatic N) is 3. The van der Waals surface area contributed by atoms with E-state index in [1.807, 2.05) is 6.07 Å². The van der Waals surface area contributed by atoms with Gasteiger partial charge in [0.1, 0.15) is 17.7 Å². The third-order valence-electron chi connectivity index (χ3n) is 6.99. The van der Waals surface area contributed by atoms with Gasteiger partial charge in [-0.3, -0.25) is 14.2 Å². The van der Waals surface area contributed by atoms with Gasteiger partial charge in [0.2, 0.25) is 5.88 Å². The molecule has 0 bridgehead atoms. The second-order valence-electron chi connectivity index (χ2n) is 9.51. The van der Waals surface area contributed by atoms with E-state index in [2.05, 4.69) is 25.6 Å². The van der Waals surface area contributed by atoms with Crippen molar-refractivity contribution in [3.05, 3.63) is 110 Å². The fourth-order valence-electron chi connectivity index (χ4n) is 4.93. The summed E-state index contributed by atoms with van der Waals surface area (Å²) in [6, 6.07) is 11.5. The molecule has 40 heavy (non-hydrogen) atoms. The Morgan fingerprint density at radius 1 is 1.07 bits per heavy atom. The lowest BCUT2D eigenvalue weighted by atomic mass is 9.98. The van der Waals surface area contributed by atoms with Crippen molar-refractivity contribution in [3.63, 3.8) is 0 Å². The summed E-state index contributed by atoms with van der Waals surface area (Å²) in [7, 11) is 0. The molecule has 0 unspecified atom stereocenters. The van der Waals surface area contributed by atoms with Crippen LogP contribution >= 0.6 is 0 Å². The predicted molar refractivity (Wildman–Crippen MR) is 142 cm³/mol. The summed E-state index contributed by atoms with van der Waals surface area (Å²) in [6.07, 6.45) is 3.64. The van der Waals surface area contributed by atoms with Gasteiger partial charge in [-0.05, 0) is 53.6 Å². The average Bonchev–Trinajstić information content (AvgIpc) is 3.50. The lowest BCUT2D eigenvalue weighted by Gasteiger charge is -2.15. The van der Waals surface area contributed by atoms with Gasteiger partial charge in [0.25, 0.3) is 11.8 Å². The molecule has 2 heterocycles. The molecule has 2 aromatic heterocycles. The van der Waals surface area contributed by atoms with Gasteiger partial charge in [-0.25, -0.2) is 19.6 Å². The molecule has 1 atom stereocenters. The second kappa shape index (κ2) is 10.8. The van der Waals surface area contributed by atoms with E-state index in [9.17, 15) is 29.4 Å². The maximum Gasteiger partial charge on any atom is 0.335 e. The zero-order chi connectivity index (χ0) is 28.4. The molecule has 4 aromatic rings. The van der Waals surface area contributed by atoms with Gasteiger partial charge in [-0.2, -0.15) is 0 Å². The highest BCUT2D eigenvalue weighted by Crippen LogP contribution is 2.34. The van der Waals surface area contributed by atoms with Gasteiger partial charge < -0.3 is 25.8 Å². The molecular formula is C28H26N6O6. The monoisotopic (exact) mass is 542 g/mol. The normalized spacial score (nSPS) is 14.0. The molecule has 1 aliphatic rings. The van der Waals surface area contributed by atoms with Crippen LogP contribution in [-0.4, -0.2) is 47.5 Å². The van der Waals surface area contributed by atoms with Crippen LogP contribution in [0.5, 0.6) is 5.88 Å². The molecule has 5 rings (SSSR count). The minimum absolute atomic E-state index is 0.0221. The molecule has 0 fully saturated rings. The Kier molecular flexibility index (Phi) is 7.15. The fourth-order valence-corrected chi connectivity index (χ4v) is 4.93. The third-order valence-corrected chi connectivity index (χ3v) is 6.99. The van der Waals surface area contributed by atoms with E-state index >= 15 is 0 Å². The molecule has 2 aromatic carbocycles. The van der Waals surface area contributed by atoms with Gasteiger partial charge in [0, 0.05) is 12.6 Å². The summed E-state index contributed by atoms with van der Waals surface area (Å²) in [5.41, 5.74) is 3.90. The summed E-state index contributed by atoms with van der Waals surface area (Å²) in [6.45, 7) is 2.10. The topological polar surface area (TPSA) is 179 Å². The number of aromatic hydroxyl groups is 1. The summed E-state index contributed by atoms with van der Waals surface area (Å²) < 4.78 is 1.18. The first-order valence-electron chi connectivity index (χ1n) is 12.5. The molecule has 12 nitrogen and oxygen atoms in total. The lowest BCUT2D eigenvalue weighted by molar-refractivity contribution is 0.0695. The van der Waals surface area contributed by atoms with Gasteiger partial charge in [-0.15, -0.1) is 0 Å². The maximum atomic E-state index is 13.0.